The summed E-state index contributed by atoms with van der Waals surface area (Å²) >= 11 is 9.65. The molecule has 3 rings (SSSR count). The number of nitrogens with zero attached hydrogens (tertiary/aromatic N) is 1. The van der Waals surface area contributed by atoms with Crippen LogP contribution in [0.15, 0.2) is 16.6 Å². The fraction of sp³-hybridized carbons (Fsp3) is 0.600. The molecule has 0 amide bonds. The smallest absolute Gasteiger partial charge is 0.156 e. The molecule has 2 aliphatic rings. The Hall–Kier alpha value is -0.450. The van der Waals surface area contributed by atoms with E-state index in [1.54, 1.807) is 7.11 Å². The van der Waals surface area contributed by atoms with Crippen LogP contribution in [0, 0.1) is 0 Å². The van der Waals surface area contributed by atoms with Crippen LogP contribution in [0.5, 0.6) is 5.75 Å². The first-order valence-corrected chi connectivity index (χ1v) is 8.31. The van der Waals surface area contributed by atoms with Gasteiger partial charge in [-0.05, 0) is 54.2 Å². The molecule has 2 fully saturated rings. The minimum atomic E-state index is 0.463. The van der Waals surface area contributed by atoms with Crippen molar-refractivity contribution in [3.05, 3.63) is 21.6 Å². The molecule has 1 heterocycles. The Balaban J connectivity index is 1.75. The van der Waals surface area contributed by atoms with Crippen molar-refractivity contribution < 1.29 is 4.74 Å². The van der Waals surface area contributed by atoms with E-state index in [0.29, 0.717) is 17.1 Å². The van der Waals surface area contributed by atoms with Crippen LogP contribution in [0.3, 0.4) is 0 Å². The fourth-order valence-corrected chi connectivity index (χ4v) is 4.14. The minimum absolute atomic E-state index is 0.463. The lowest BCUT2D eigenvalue weighted by molar-refractivity contribution is 0.257. The van der Waals surface area contributed by atoms with Gasteiger partial charge in [-0.3, -0.25) is 4.90 Å². The van der Waals surface area contributed by atoms with Crippen molar-refractivity contribution >= 4 is 33.2 Å². The van der Waals surface area contributed by atoms with Gasteiger partial charge in [0.25, 0.3) is 0 Å². The quantitative estimate of drug-likeness (QED) is 0.874. The predicted octanol–water partition coefficient (Wildman–Crippen LogP) is 4.15. The molecule has 1 N–H and O–H groups in total. The van der Waals surface area contributed by atoms with Gasteiger partial charge in [-0.15, -0.1) is 0 Å². The maximum atomic E-state index is 6.15. The Labute approximate surface area is 133 Å². The summed E-state index contributed by atoms with van der Waals surface area (Å²) in [6.45, 7) is 3.43. The van der Waals surface area contributed by atoms with E-state index < -0.39 is 0 Å². The van der Waals surface area contributed by atoms with E-state index in [1.165, 1.54) is 19.3 Å². The third-order valence-corrected chi connectivity index (χ3v) is 5.02. The molecular formula is C15H20BrClN2O. The number of ether oxygens (including phenoxy) is 1. The van der Waals surface area contributed by atoms with E-state index in [4.69, 9.17) is 16.3 Å². The van der Waals surface area contributed by atoms with Crippen molar-refractivity contribution in [1.29, 1.82) is 0 Å². The number of hydrogen-bond donors (Lipinski definition) is 1. The maximum absolute atomic E-state index is 6.15. The van der Waals surface area contributed by atoms with Crippen LogP contribution >= 0.6 is 27.5 Å². The molecule has 3 nitrogen and oxygen atoms in total. The van der Waals surface area contributed by atoms with Gasteiger partial charge in [0, 0.05) is 29.7 Å². The van der Waals surface area contributed by atoms with Gasteiger partial charge in [0.2, 0.25) is 0 Å². The van der Waals surface area contributed by atoms with E-state index in [2.05, 4.69) is 33.1 Å². The predicted molar refractivity (Wildman–Crippen MR) is 86.9 cm³/mol. The normalized spacial score (nSPS) is 26.8. The highest BCUT2D eigenvalue weighted by Gasteiger charge is 2.38. The van der Waals surface area contributed by atoms with Gasteiger partial charge in [-0.1, -0.05) is 11.6 Å². The van der Waals surface area contributed by atoms with Gasteiger partial charge in [0.15, 0.2) is 5.75 Å². The number of rotatable bonds is 4. The average molecular weight is 360 g/mol. The lowest BCUT2D eigenvalue weighted by Gasteiger charge is -2.20. The van der Waals surface area contributed by atoms with Crippen molar-refractivity contribution in [3.63, 3.8) is 0 Å². The molecule has 2 unspecified atom stereocenters. The number of hydrogen-bond acceptors (Lipinski definition) is 3. The fourth-order valence-electron chi connectivity index (χ4n) is 3.17. The molecule has 0 radical (unpaired) electrons. The molecule has 110 valence electrons. The third kappa shape index (κ3) is 2.92. The second kappa shape index (κ2) is 5.74. The Bertz CT molecular complexity index is 507. The number of methoxy groups -OCH3 is 1. The lowest BCUT2D eigenvalue weighted by atomic mass is 10.1. The first-order chi connectivity index (χ1) is 9.58. The highest BCUT2D eigenvalue weighted by molar-refractivity contribution is 9.10. The molecule has 1 aliphatic heterocycles. The second-order valence-electron chi connectivity index (χ2n) is 5.82. The molecule has 2 atom stereocenters. The molecule has 1 aliphatic carbocycles. The van der Waals surface area contributed by atoms with Gasteiger partial charge in [0.1, 0.15) is 0 Å². The summed E-state index contributed by atoms with van der Waals surface area (Å²) in [5.41, 5.74) is 0.974. The highest BCUT2D eigenvalue weighted by atomic mass is 79.9. The van der Waals surface area contributed by atoms with E-state index in [9.17, 15) is 0 Å². The monoisotopic (exact) mass is 358 g/mol. The summed E-state index contributed by atoms with van der Waals surface area (Å²) in [4.78, 5) is 2.63. The third-order valence-electron chi connectivity index (χ3n) is 4.21. The summed E-state index contributed by atoms with van der Waals surface area (Å²) < 4.78 is 6.36. The maximum Gasteiger partial charge on any atom is 0.156 e. The zero-order chi connectivity index (χ0) is 14.3. The molecular weight excluding hydrogens is 340 g/mol. The molecule has 1 aromatic rings. The van der Waals surface area contributed by atoms with Crippen LogP contribution in [0.4, 0.5) is 5.69 Å². The van der Waals surface area contributed by atoms with Gasteiger partial charge in [-0.2, -0.15) is 0 Å². The van der Waals surface area contributed by atoms with Crippen molar-refractivity contribution in [2.24, 2.45) is 0 Å². The summed E-state index contributed by atoms with van der Waals surface area (Å²) in [5.74, 6) is 0.826. The average Bonchev–Trinajstić information content (AvgIpc) is 3.14. The van der Waals surface area contributed by atoms with E-state index in [0.717, 1.165) is 28.5 Å². The van der Waals surface area contributed by atoms with Crippen LogP contribution in [0.1, 0.15) is 26.2 Å². The topological polar surface area (TPSA) is 24.5 Å². The van der Waals surface area contributed by atoms with Crippen molar-refractivity contribution in [3.8, 4) is 5.75 Å². The minimum Gasteiger partial charge on any atom is -0.493 e. The zero-order valence-electron chi connectivity index (χ0n) is 11.8. The summed E-state index contributed by atoms with van der Waals surface area (Å²) in [6, 6.07) is 5.75. The summed E-state index contributed by atoms with van der Waals surface area (Å²) in [7, 11) is 1.69. The number of nitrogens with one attached hydrogen (secondary N) is 1. The summed E-state index contributed by atoms with van der Waals surface area (Å²) in [5, 5.41) is 4.32. The number of halogens is 2. The van der Waals surface area contributed by atoms with Crippen LogP contribution in [-0.4, -0.2) is 36.7 Å². The van der Waals surface area contributed by atoms with Crippen LogP contribution in [0.25, 0.3) is 0 Å². The van der Waals surface area contributed by atoms with Gasteiger partial charge < -0.3 is 10.1 Å². The Kier molecular flexibility index (Phi) is 4.16. The standard InChI is InChI=1S/C15H20BrClN2O/c1-9-5-11(8-19(9)12-3-4-12)18-14-7-10(17)6-13(16)15(14)20-2/h6-7,9,11-12,18H,3-5,8H2,1-2H3. The first kappa shape index (κ1) is 14.5. The van der Waals surface area contributed by atoms with Crippen molar-refractivity contribution in [1.82, 2.24) is 4.90 Å². The highest BCUT2D eigenvalue weighted by Crippen LogP contribution is 2.39. The Morgan fingerprint density at radius 2 is 2.15 bits per heavy atom. The van der Waals surface area contributed by atoms with Crippen molar-refractivity contribution in [2.75, 3.05) is 19.0 Å². The molecule has 1 aromatic carbocycles. The largest absolute Gasteiger partial charge is 0.493 e. The molecule has 5 heteroatoms. The Morgan fingerprint density at radius 3 is 2.80 bits per heavy atom. The second-order valence-corrected chi connectivity index (χ2v) is 7.11. The van der Waals surface area contributed by atoms with Gasteiger partial charge in [0.05, 0.1) is 17.3 Å². The van der Waals surface area contributed by atoms with E-state index in [-0.39, 0.29) is 0 Å². The number of benzene rings is 1. The first-order valence-electron chi connectivity index (χ1n) is 7.13. The molecule has 1 saturated heterocycles. The molecule has 0 spiro atoms. The summed E-state index contributed by atoms with van der Waals surface area (Å²) in [6.07, 6.45) is 3.90. The van der Waals surface area contributed by atoms with Gasteiger partial charge >= 0.3 is 0 Å². The van der Waals surface area contributed by atoms with Gasteiger partial charge in [-0.25, -0.2) is 0 Å². The van der Waals surface area contributed by atoms with E-state index >= 15 is 0 Å². The number of anilines is 1. The molecule has 20 heavy (non-hydrogen) atoms. The SMILES string of the molecule is COc1c(Br)cc(Cl)cc1NC1CC(C)N(C2CC2)C1. The molecule has 0 aromatic heterocycles. The molecule has 1 saturated carbocycles. The number of likely N-dealkylation sites (tertiary alicyclic amines) is 1. The lowest BCUT2D eigenvalue weighted by Crippen LogP contribution is -2.31. The zero-order valence-corrected chi connectivity index (χ0v) is 14.2. The Morgan fingerprint density at radius 1 is 1.40 bits per heavy atom. The molecule has 0 bridgehead atoms. The van der Waals surface area contributed by atoms with Crippen LogP contribution in [0.2, 0.25) is 5.02 Å². The van der Waals surface area contributed by atoms with E-state index in [1.807, 2.05) is 12.1 Å². The van der Waals surface area contributed by atoms with Crippen molar-refractivity contribution in [2.45, 2.75) is 44.3 Å². The van der Waals surface area contributed by atoms with Crippen LogP contribution in [-0.2, 0) is 0 Å². The van der Waals surface area contributed by atoms with Crippen LogP contribution < -0.4 is 10.1 Å².